The maximum absolute atomic E-state index is 14.8. The number of ether oxygens (including phenoxy) is 1. The van der Waals surface area contributed by atoms with Crippen LogP contribution in [0.5, 0.6) is 0 Å². The molecule has 0 radical (unpaired) electrons. The third-order valence-electron chi connectivity index (χ3n) is 5.27. The molecular formula is C23H22ClFN6O3. The summed E-state index contributed by atoms with van der Waals surface area (Å²) in [6.45, 7) is 4.35. The molecule has 4 N–H and O–H groups in total. The lowest BCUT2D eigenvalue weighted by molar-refractivity contribution is 0.1000. The maximum atomic E-state index is 14.8. The molecule has 0 atom stereocenters. The van der Waals surface area contributed by atoms with Crippen LogP contribution < -0.4 is 21.3 Å². The molecule has 0 saturated carbocycles. The molecule has 1 saturated heterocycles. The van der Waals surface area contributed by atoms with Gasteiger partial charge in [0.05, 0.1) is 18.9 Å². The number of hydrogen-bond donors (Lipinski definition) is 3. The number of aromatic nitrogens is 2. The molecule has 176 valence electrons. The van der Waals surface area contributed by atoms with Gasteiger partial charge in [-0.25, -0.2) is 19.2 Å². The van der Waals surface area contributed by atoms with Gasteiger partial charge in [0.2, 0.25) is 5.91 Å². The Morgan fingerprint density at radius 2 is 1.79 bits per heavy atom. The van der Waals surface area contributed by atoms with Crippen molar-refractivity contribution < 1.29 is 18.7 Å². The molecule has 4 rings (SSSR count). The van der Waals surface area contributed by atoms with E-state index in [9.17, 15) is 14.0 Å². The Labute approximate surface area is 200 Å². The van der Waals surface area contributed by atoms with E-state index in [-0.39, 0.29) is 16.7 Å². The summed E-state index contributed by atoms with van der Waals surface area (Å²) in [5, 5.41) is 5.30. The highest BCUT2D eigenvalue weighted by Crippen LogP contribution is 2.29. The van der Waals surface area contributed by atoms with E-state index in [0.717, 1.165) is 5.56 Å². The zero-order chi connectivity index (χ0) is 24.2. The Morgan fingerprint density at radius 1 is 1.09 bits per heavy atom. The normalized spacial score (nSPS) is 13.4. The third kappa shape index (κ3) is 5.24. The van der Waals surface area contributed by atoms with Crippen molar-refractivity contribution in [2.24, 2.45) is 5.73 Å². The summed E-state index contributed by atoms with van der Waals surface area (Å²) in [5.41, 5.74) is 7.05. The molecule has 0 unspecified atom stereocenters. The molecule has 1 aliphatic rings. The van der Waals surface area contributed by atoms with Gasteiger partial charge in [-0.05, 0) is 49.4 Å². The number of morpholine rings is 1. The lowest BCUT2D eigenvalue weighted by Crippen LogP contribution is -2.37. The van der Waals surface area contributed by atoms with E-state index in [2.05, 4.69) is 25.5 Å². The number of anilines is 3. The highest BCUT2D eigenvalue weighted by molar-refractivity contribution is 6.30. The fraction of sp³-hybridized carbons (Fsp3) is 0.217. The first kappa shape index (κ1) is 23.4. The smallest absolute Gasteiger partial charge is 0.323 e. The standard InChI is InChI=1S/C23H22ClFN6O3/c1-13-19(24)29-21(30-22(13)31-8-10-34-11-9-31)15-4-7-18(17(25)12-15)28-23(33)27-16-5-2-14(3-6-16)20(26)32/h2-7,12H,8-11H2,1H3,(H2,26,32)(H2,27,28,33). The van der Waals surface area contributed by atoms with Crippen LogP contribution in [0.25, 0.3) is 11.4 Å². The summed E-state index contributed by atoms with van der Waals surface area (Å²) in [4.78, 5) is 34.4. The molecule has 9 nitrogen and oxygen atoms in total. The predicted octanol–water partition coefficient (Wildman–Crippen LogP) is 3.82. The number of carbonyl (C=O) groups excluding carboxylic acids is 2. The number of nitrogens with zero attached hydrogens (tertiary/aromatic N) is 3. The molecule has 11 heteroatoms. The quantitative estimate of drug-likeness (QED) is 0.473. The Balaban J connectivity index is 1.50. The zero-order valence-electron chi connectivity index (χ0n) is 18.3. The lowest BCUT2D eigenvalue weighted by atomic mass is 10.1. The van der Waals surface area contributed by atoms with Crippen molar-refractivity contribution >= 4 is 40.7 Å². The lowest BCUT2D eigenvalue weighted by Gasteiger charge is -2.29. The molecule has 0 spiro atoms. The summed E-state index contributed by atoms with van der Waals surface area (Å²) in [7, 11) is 0. The number of carbonyl (C=O) groups is 2. The van der Waals surface area contributed by atoms with Crippen LogP contribution in [0.1, 0.15) is 15.9 Å². The molecule has 2 aromatic carbocycles. The van der Waals surface area contributed by atoms with E-state index < -0.39 is 17.8 Å². The second-order valence-electron chi connectivity index (χ2n) is 7.60. The summed E-state index contributed by atoms with van der Waals surface area (Å²) in [6, 6.07) is 9.60. The predicted molar refractivity (Wildman–Crippen MR) is 128 cm³/mol. The number of benzene rings is 2. The van der Waals surface area contributed by atoms with E-state index >= 15 is 0 Å². The Kier molecular flexibility index (Phi) is 6.90. The fourth-order valence-corrected chi connectivity index (χ4v) is 3.61. The minimum atomic E-state index is -0.662. The van der Waals surface area contributed by atoms with Crippen molar-refractivity contribution in [1.82, 2.24) is 9.97 Å². The number of halogens is 2. The van der Waals surface area contributed by atoms with Gasteiger partial charge in [0.25, 0.3) is 0 Å². The summed E-state index contributed by atoms with van der Waals surface area (Å²) >= 11 is 6.34. The van der Waals surface area contributed by atoms with Crippen molar-refractivity contribution in [2.45, 2.75) is 6.92 Å². The molecular weight excluding hydrogens is 463 g/mol. The highest BCUT2D eigenvalue weighted by atomic mass is 35.5. The average Bonchev–Trinajstić information content (AvgIpc) is 2.83. The van der Waals surface area contributed by atoms with Gasteiger partial charge in [-0.2, -0.15) is 0 Å². The molecule has 2 heterocycles. The second-order valence-corrected chi connectivity index (χ2v) is 7.96. The van der Waals surface area contributed by atoms with E-state index in [1.807, 2.05) is 6.92 Å². The monoisotopic (exact) mass is 484 g/mol. The number of urea groups is 1. The number of primary amides is 1. The summed E-state index contributed by atoms with van der Waals surface area (Å²) < 4.78 is 20.2. The van der Waals surface area contributed by atoms with Gasteiger partial charge in [-0.1, -0.05) is 11.6 Å². The van der Waals surface area contributed by atoms with Gasteiger partial charge < -0.3 is 26.0 Å². The van der Waals surface area contributed by atoms with Crippen molar-refractivity contribution in [3.8, 4) is 11.4 Å². The van der Waals surface area contributed by atoms with Crippen LogP contribution in [-0.4, -0.2) is 48.2 Å². The van der Waals surface area contributed by atoms with Gasteiger partial charge in [0.15, 0.2) is 5.82 Å². The van der Waals surface area contributed by atoms with Crippen molar-refractivity contribution in [2.75, 3.05) is 41.8 Å². The minimum absolute atomic E-state index is 0.0263. The Hall–Kier alpha value is -3.76. The topological polar surface area (TPSA) is 122 Å². The van der Waals surface area contributed by atoms with E-state index in [0.29, 0.717) is 48.9 Å². The zero-order valence-corrected chi connectivity index (χ0v) is 19.0. The molecule has 1 aromatic heterocycles. The van der Waals surface area contributed by atoms with Crippen LogP contribution in [0.3, 0.4) is 0 Å². The molecule has 0 aliphatic carbocycles. The number of amides is 3. The molecule has 34 heavy (non-hydrogen) atoms. The first-order valence-corrected chi connectivity index (χ1v) is 10.8. The molecule has 3 aromatic rings. The van der Waals surface area contributed by atoms with Crippen molar-refractivity contribution in [3.63, 3.8) is 0 Å². The third-order valence-corrected chi connectivity index (χ3v) is 5.64. The first-order valence-electron chi connectivity index (χ1n) is 10.5. The summed E-state index contributed by atoms with van der Waals surface area (Å²) in [6.07, 6.45) is 0. The van der Waals surface area contributed by atoms with E-state index in [1.54, 1.807) is 6.07 Å². The molecule has 1 fully saturated rings. The first-order chi connectivity index (χ1) is 16.3. The maximum Gasteiger partial charge on any atom is 0.323 e. The number of nitrogens with one attached hydrogen (secondary N) is 2. The highest BCUT2D eigenvalue weighted by Gasteiger charge is 2.19. The SMILES string of the molecule is Cc1c(Cl)nc(-c2ccc(NC(=O)Nc3ccc(C(N)=O)cc3)c(F)c2)nc1N1CCOCC1. The van der Waals surface area contributed by atoms with E-state index in [1.165, 1.54) is 36.4 Å². The number of hydrogen-bond acceptors (Lipinski definition) is 6. The second kappa shape index (κ2) is 10.0. The fourth-order valence-electron chi connectivity index (χ4n) is 3.45. The van der Waals surface area contributed by atoms with Gasteiger partial charge in [0, 0.05) is 35.5 Å². The van der Waals surface area contributed by atoms with Gasteiger partial charge in [-0.15, -0.1) is 0 Å². The Morgan fingerprint density at radius 3 is 2.44 bits per heavy atom. The van der Waals surface area contributed by atoms with Gasteiger partial charge >= 0.3 is 6.03 Å². The van der Waals surface area contributed by atoms with Crippen molar-refractivity contribution in [1.29, 1.82) is 0 Å². The number of rotatable bonds is 5. The van der Waals surface area contributed by atoms with Crippen LogP contribution >= 0.6 is 11.6 Å². The Bertz CT molecular complexity index is 1230. The molecule has 3 amide bonds. The van der Waals surface area contributed by atoms with Crippen LogP contribution in [0.15, 0.2) is 42.5 Å². The molecule has 1 aliphatic heterocycles. The van der Waals surface area contributed by atoms with Crippen LogP contribution in [0.4, 0.5) is 26.4 Å². The molecule has 0 bridgehead atoms. The summed E-state index contributed by atoms with van der Waals surface area (Å²) in [5.74, 6) is -0.275. The van der Waals surface area contributed by atoms with E-state index in [4.69, 9.17) is 22.1 Å². The van der Waals surface area contributed by atoms with Crippen LogP contribution in [-0.2, 0) is 4.74 Å². The average molecular weight is 485 g/mol. The van der Waals surface area contributed by atoms with Gasteiger partial charge in [-0.3, -0.25) is 4.79 Å². The number of nitrogens with two attached hydrogens (primary N) is 1. The van der Waals surface area contributed by atoms with Crippen LogP contribution in [0.2, 0.25) is 5.15 Å². The largest absolute Gasteiger partial charge is 0.378 e. The van der Waals surface area contributed by atoms with Crippen molar-refractivity contribution in [3.05, 3.63) is 64.6 Å². The van der Waals surface area contributed by atoms with Gasteiger partial charge in [0.1, 0.15) is 16.8 Å². The minimum Gasteiger partial charge on any atom is -0.378 e. The van der Waals surface area contributed by atoms with Crippen LogP contribution in [0, 0.1) is 12.7 Å².